The standard InChI is InChI=1S/C31H36Cl3N3O7S/c1-19(2)16-35-31(39)20(3)36(17-21-7-8-22(32)13-25(21)34)30(38)18-37(26-14-23(33)9-11-27(26)42-4)45(40,41)24-10-12-28(43-5)29(15-24)44-6/h7-15,19-20H,16-18H2,1-6H3,(H,35,39). The molecule has 45 heavy (non-hydrogen) atoms. The first-order valence-electron chi connectivity index (χ1n) is 13.8. The fourth-order valence-electron chi connectivity index (χ4n) is 4.34. The molecule has 0 spiro atoms. The molecule has 3 rings (SSSR count). The Hall–Kier alpha value is -3.38. The minimum absolute atomic E-state index is 0.00882. The molecule has 0 aliphatic heterocycles. The fourth-order valence-corrected chi connectivity index (χ4v) is 6.41. The maximum atomic E-state index is 14.3. The number of rotatable bonds is 14. The second-order valence-corrected chi connectivity index (χ2v) is 13.6. The molecule has 10 nitrogen and oxygen atoms in total. The van der Waals surface area contributed by atoms with Crippen LogP contribution in [0.2, 0.25) is 15.1 Å². The van der Waals surface area contributed by atoms with Gasteiger partial charge in [-0.15, -0.1) is 0 Å². The van der Waals surface area contributed by atoms with Crippen molar-refractivity contribution in [2.45, 2.75) is 38.3 Å². The molecular formula is C31H36Cl3N3O7S. The highest BCUT2D eigenvalue weighted by atomic mass is 35.5. The van der Waals surface area contributed by atoms with E-state index in [1.807, 2.05) is 13.8 Å². The number of methoxy groups -OCH3 is 3. The van der Waals surface area contributed by atoms with Crippen LogP contribution in [0, 0.1) is 5.92 Å². The molecule has 0 bridgehead atoms. The first kappa shape index (κ1) is 36.1. The largest absolute Gasteiger partial charge is 0.495 e. The van der Waals surface area contributed by atoms with Crippen LogP contribution >= 0.6 is 34.8 Å². The number of carbonyl (C=O) groups is 2. The SMILES string of the molecule is COc1ccc(S(=O)(=O)N(CC(=O)N(Cc2ccc(Cl)cc2Cl)C(C)C(=O)NCC(C)C)c2cc(Cl)ccc2OC)cc1OC. The molecule has 2 amide bonds. The average Bonchev–Trinajstić information content (AvgIpc) is 3.01. The molecule has 0 heterocycles. The lowest BCUT2D eigenvalue weighted by Crippen LogP contribution is -2.51. The molecule has 3 aromatic carbocycles. The van der Waals surface area contributed by atoms with Gasteiger partial charge in [0.15, 0.2) is 11.5 Å². The number of nitrogens with zero attached hydrogens (tertiary/aromatic N) is 2. The van der Waals surface area contributed by atoms with E-state index in [9.17, 15) is 18.0 Å². The van der Waals surface area contributed by atoms with Gasteiger partial charge < -0.3 is 24.4 Å². The van der Waals surface area contributed by atoms with E-state index in [-0.39, 0.29) is 44.6 Å². The lowest BCUT2D eigenvalue weighted by atomic mass is 10.1. The highest BCUT2D eigenvalue weighted by molar-refractivity contribution is 7.92. The van der Waals surface area contributed by atoms with Gasteiger partial charge in [0, 0.05) is 34.2 Å². The van der Waals surface area contributed by atoms with Gasteiger partial charge in [-0.25, -0.2) is 8.42 Å². The predicted octanol–water partition coefficient (Wildman–Crippen LogP) is 6.06. The Balaban J connectivity index is 2.15. The van der Waals surface area contributed by atoms with Crippen molar-refractivity contribution in [3.63, 3.8) is 0 Å². The summed E-state index contributed by atoms with van der Waals surface area (Å²) in [5, 5.41) is 3.71. The van der Waals surface area contributed by atoms with Crippen LogP contribution in [-0.2, 0) is 26.2 Å². The Morgan fingerprint density at radius 1 is 0.822 bits per heavy atom. The smallest absolute Gasteiger partial charge is 0.265 e. The van der Waals surface area contributed by atoms with Crippen LogP contribution in [0.5, 0.6) is 17.2 Å². The zero-order chi connectivity index (χ0) is 33.5. The minimum Gasteiger partial charge on any atom is -0.495 e. The van der Waals surface area contributed by atoms with Gasteiger partial charge in [-0.1, -0.05) is 54.7 Å². The fraction of sp³-hybridized carbons (Fsp3) is 0.355. The highest BCUT2D eigenvalue weighted by Gasteiger charge is 2.34. The van der Waals surface area contributed by atoms with E-state index in [4.69, 9.17) is 49.0 Å². The third-order valence-electron chi connectivity index (χ3n) is 6.84. The molecule has 0 saturated heterocycles. The summed E-state index contributed by atoms with van der Waals surface area (Å²) >= 11 is 18.8. The number of nitrogens with one attached hydrogen (secondary N) is 1. The number of carbonyl (C=O) groups excluding carboxylic acids is 2. The number of hydrogen-bond acceptors (Lipinski definition) is 7. The molecule has 0 aliphatic rings. The van der Waals surface area contributed by atoms with Crippen molar-refractivity contribution < 1.29 is 32.2 Å². The predicted molar refractivity (Wildman–Crippen MR) is 176 cm³/mol. The van der Waals surface area contributed by atoms with Crippen molar-refractivity contribution >= 4 is 62.3 Å². The number of ether oxygens (including phenoxy) is 3. The monoisotopic (exact) mass is 699 g/mol. The van der Waals surface area contributed by atoms with Crippen molar-refractivity contribution in [2.24, 2.45) is 5.92 Å². The van der Waals surface area contributed by atoms with Gasteiger partial charge in [0.05, 0.1) is 31.9 Å². The topological polar surface area (TPSA) is 114 Å². The van der Waals surface area contributed by atoms with Gasteiger partial charge in [0.25, 0.3) is 10.0 Å². The van der Waals surface area contributed by atoms with Crippen LogP contribution in [-0.4, -0.2) is 65.6 Å². The van der Waals surface area contributed by atoms with Crippen molar-refractivity contribution in [3.8, 4) is 17.2 Å². The van der Waals surface area contributed by atoms with E-state index in [0.717, 1.165) is 4.31 Å². The second kappa shape index (κ2) is 15.8. The number of halogens is 3. The van der Waals surface area contributed by atoms with Crippen LogP contribution < -0.4 is 23.8 Å². The van der Waals surface area contributed by atoms with Crippen molar-refractivity contribution in [1.82, 2.24) is 10.2 Å². The summed E-state index contributed by atoms with van der Waals surface area (Å²) in [6.45, 7) is 4.99. The summed E-state index contributed by atoms with van der Waals surface area (Å²) in [5.74, 6) is -0.334. The summed E-state index contributed by atoms with van der Waals surface area (Å²) in [6, 6.07) is 12.2. The van der Waals surface area contributed by atoms with E-state index in [0.29, 0.717) is 22.9 Å². The van der Waals surface area contributed by atoms with E-state index < -0.39 is 34.4 Å². The first-order valence-corrected chi connectivity index (χ1v) is 16.4. The van der Waals surface area contributed by atoms with Crippen molar-refractivity contribution in [3.05, 3.63) is 75.2 Å². The number of amides is 2. The molecule has 0 radical (unpaired) electrons. The molecule has 1 atom stereocenters. The maximum Gasteiger partial charge on any atom is 0.265 e. The van der Waals surface area contributed by atoms with E-state index in [1.54, 1.807) is 19.1 Å². The Kier molecular flexibility index (Phi) is 12.6. The van der Waals surface area contributed by atoms with Crippen LogP contribution in [0.15, 0.2) is 59.5 Å². The summed E-state index contributed by atoms with van der Waals surface area (Å²) in [6.07, 6.45) is 0. The molecule has 244 valence electrons. The number of hydrogen-bond donors (Lipinski definition) is 1. The number of benzene rings is 3. The van der Waals surface area contributed by atoms with Crippen LogP contribution in [0.1, 0.15) is 26.3 Å². The first-order chi connectivity index (χ1) is 21.2. The van der Waals surface area contributed by atoms with Gasteiger partial charge in [-0.2, -0.15) is 0 Å². The molecule has 0 aromatic heterocycles. The maximum absolute atomic E-state index is 14.3. The summed E-state index contributed by atoms with van der Waals surface area (Å²) in [7, 11) is -0.309. The summed E-state index contributed by atoms with van der Waals surface area (Å²) in [5.41, 5.74) is 0.516. The van der Waals surface area contributed by atoms with E-state index in [1.165, 1.54) is 68.7 Å². The Labute approximate surface area is 279 Å². The highest BCUT2D eigenvalue weighted by Crippen LogP contribution is 2.37. The quantitative estimate of drug-likeness (QED) is 0.218. The van der Waals surface area contributed by atoms with Crippen LogP contribution in [0.4, 0.5) is 5.69 Å². The van der Waals surface area contributed by atoms with Gasteiger partial charge in [0.1, 0.15) is 18.3 Å². The lowest BCUT2D eigenvalue weighted by molar-refractivity contribution is -0.139. The van der Waals surface area contributed by atoms with E-state index >= 15 is 0 Å². The van der Waals surface area contributed by atoms with Crippen LogP contribution in [0.25, 0.3) is 0 Å². The molecule has 1 unspecified atom stereocenters. The van der Waals surface area contributed by atoms with E-state index in [2.05, 4.69) is 5.32 Å². The Morgan fingerprint density at radius 3 is 2.02 bits per heavy atom. The number of anilines is 1. The van der Waals surface area contributed by atoms with Crippen molar-refractivity contribution in [1.29, 1.82) is 0 Å². The molecule has 14 heteroatoms. The van der Waals surface area contributed by atoms with Gasteiger partial charge in [-0.3, -0.25) is 13.9 Å². The lowest BCUT2D eigenvalue weighted by Gasteiger charge is -2.32. The molecule has 0 fully saturated rings. The molecular weight excluding hydrogens is 665 g/mol. The summed E-state index contributed by atoms with van der Waals surface area (Å²) in [4.78, 5) is 28.5. The Morgan fingerprint density at radius 2 is 1.42 bits per heavy atom. The second-order valence-electron chi connectivity index (χ2n) is 10.4. The molecule has 3 aromatic rings. The normalized spacial score (nSPS) is 12.0. The molecule has 0 saturated carbocycles. The third kappa shape index (κ3) is 8.88. The Bertz CT molecular complexity index is 1640. The zero-order valence-electron chi connectivity index (χ0n) is 25.8. The average molecular weight is 701 g/mol. The van der Waals surface area contributed by atoms with Crippen molar-refractivity contribution in [2.75, 3.05) is 38.7 Å². The molecule has 1 N–H and O–H groups in total. The minimum atomic E-state index is -4.48. The van der Waals surface area contributed by atoms with Gasteiger partial charge >= 0.3 is 0 Å². The van der Waals surface area contributed by atoms with Gasteiger partial charge in [0.2, 0.25) is 11.8 Å². The van der Waals surface area contributed by atoms with Crippen LogP contribution in [0.3, 0.4) is 0 Å². The summed E-state index contributed by atoms with van der Waals surface area (Å²) < 4.78 is 45.6. The number of sulfonamides is 1. The third-order valence-corrected chi connectivity index (χ3v) is 9.42. The zero-order valence-corrected chi connectivity index (χ0v) is 28.9. The van der Waals surface area contributed by atoms with Gasteiger partial charge in [-0.05, 0) is 60.9 Å². The molecule has 0 aliphatic carbocycles.